The van der Waals surface area contributed by atoms with Crippen LogP contribution in [0.25, 0.3) is 0 Å². The van der Waals surface area contributed by atoms with E-state index >= 15 is 0 Å². The number of nitrogens with zero attached hydrogens (tertiary/aromatic N) is 3. The average Bonchev–Trinajstić information content (AvgIpc) is 3.64. The van der Waals surface area contributed by atoms with E-state index in [1.165, 1.54) is 13.8 Å². The molecule has 2 amide bonds. The Morgan fingerprint density at radius 2 is 1.80 bits per heavy atom. The SMILES string of the molecule is CC[C@H](Nc1cc(C(F)F)c(C(=S)C(N=C(C)C(=O)N[C@@H]2CCC[C@H]2O)C(=O)N2C3CCC2CC3)cn1)C(F)(F)F. The van der Waals surface area contributed by atoms with Crippen LogP contribution in [0.2, 0.25) is 0 Å². The second kappa shape index (κ2) is 12.6. The lowest BCUT2D eigenvalue weighted by Crippen LogP contribution is -2.46. The maximum Gasteiger partial charge on any atom is 0.408 e. The maximum absolute atomic E-state index is 14.2. The summed E-state index contributed by atoms with van der Waals surface area (Å²) in [6.45, 7) is 2.67. The molecule has 14 heteroatoms. The number of rotatable bonds is 10. The molecule has 8 nitrogen and oxygen atoms in total. The molecule has 1 saturated carbocycles. The first-order valence-corrected chi connectivity index (χ1v) is 14.2. The van der Waals surface area contributed by atoms with Gasteiger partial charge in [0.1, 0.15) is 11.9 Å². The Bertz CT molecular complexity index is 1180. The van der Waals surface area contributed by atoms with Gasteiger partial charge in [-0.25, -0.2) is 13.8 Å². The monoisotopic (exact) mass is 603 g/mol. The second-order valence-electron chi connectivity index (χ2n) is 10.9. The van der Waals surface area contributed by atoms with Crippen LogP contribution in [0, 0.1) is 0 Å². The summed E-state index contributed by atoms with van der Waals surface area (Å²) in [5.74, 6) is -1.55. The fourth-order valence-electron chi connectivity index (χ4n) is 5.95. The summed E-state index contributed by atoms with van der Waals surface area (Å²) < 4.78 is 68.2. The van der Waals surface area contributed by atoms with E-state index in [2.05, 4.69) is 20.6 Å². The van der Waals surface area contributed by atoms with Crippen LogP contribution in [0.1, 0.15) is 82.8 Å². The van der Waals surface area contributed by atoms with Gasteiger partial charge < -0.3 is 20.6 Å². The van der Waals surface area contributed by atoms with E-state index in [1.54, 1.807) is 4.90 Å². The number of hydrogen-bond acceptors (Lipinski definition) is 7. The van der Waals surface area contributed by atoms with Crippen LogP contribution in [0.15, 0.2) is 17.3 Å². The average molecular weight is 604 g/mol. The third-order valence-corrected chi connectivity index (χ3v) is 8.64. The summed E-state index contributed by atoms with van der Waals surface area (Å²) in [5, 5.41) is 14.9. The van der Waals surface area contributed by atoms with Gasteiger partial charge in [-0.05, 0) is 64.4 Å². The van der Waals surface area contributed by atoms with Crippen LogP contribution in [-0.2, 0) is 9.59 Å². The van der Waals surface area contributed by atoms with Crippen LogP contribution in [0.5, 0.6) is 0 Å². The molecule has 1 aliphatic carbocycles. The van der Waals surface area contributed by atoms with Crippen molar-refractivity contribution in [3.63, 3.8) is 0 Å². The van der Waals surface area contributed by atoms with Gasteiger partial charge in [-0.2, -0.15) is 13.2 Å². The van der Waals surface area contributed by atoms with Crippen molar-refractivity contribution in [2.75, 3.05) is 5.32 Å². The predicted molar refractivity (Wildman–Crippen MR) is 146 cm³/mol. The molecule has 3 N–H and O–H groups in total. The summed E-state index contributed by atoms with van der Waals surface area (Å²) in [5.41, 5.74) is -1.11. The Kier molecular flexibility index (Phi) is 9.62. The van der Waals surface area contributed by atoms with Crippen molar-refractivity contribution in [1.82, 2.24) is 15.2 Å². The number of aliphatic hydroxyl groups is 1. The number of amides is 2. The summed E-state index contributed by atoms with van der Waals surface area (Å²) in [6.07, 6.45) is -2.87. The summed E-state index contributed by atoms with van der Waals surface area (Å²) in [4.78, 5) is 36.3. The summed E-state index contributed by atoms with van der Waals surface area (Å²) in [6, 6.07) is -3.25. The number of carbonyl (C=O) groups is 2. The molecule has 3 aliphatic rings. The first-order valence-electron chi connectivity index (χ1n) is 13.8. The minimum atomic E-state index is -4.62. The Labute approximate surface area is 240 Å². The van der Waals surface area contributed by atoms with Gasteiger partial charge in [0, 0.05) is 29.4 Å². The first kappa shape index (κ1) is 31.2. The number of aliphatic imine (C=N–C) groups is 1. The number of hydrogen-bond donors (Lipinski definition) is 3. The quantitative estimate of drug-likeness (QED) is 0.157. The maximum atomic E-state index is 14.2. The smallest absolute Gasteiger partial charge is 0.391 e. The number of halogens is 5. The van der Waals surface area contributed by atoms with Gasteiger partial charge in [-0.1, -0.05) is 19.1 Å². The molecule has 2 bridgehead atoms. The molecule has 4 rings (SSSR count). The molecule has 0 radical (unpaired) electrons. The molecular weight excluding hydrogens is 569 g/mol. The van der Waals surface area contributed by atoms with Gasteiger partial charge >= 0.3 is 6.18 Å². The van der Waals surface area contributed by atoms with Crippen LogP contribution >= 0.6 is 12.2 Å². The Hall–Kier alpha value is -2.74. The summed E-state index contributed by atoms with van der Waals surface area (Å²) >= 11 is 5.54. The second-order valence-corrected chi connectivity index (χ2v) is 11.3. The zero-order chi connectivity index (χ0) is 30.1. The fraction of sp³-hybridized carbons (Fsp3) is 0.667. The van der Waals surface area contributed by atoms with Gasteiger partial charge in [0.05, 0.1) is 22.7 Å². The lowest BCUT2D eigenvalue weighted by molar-refractivity contribution is -0.143. The van der Waals surface area contributed by atoms with Gasteiger partial charge in [-0.3, -0.25) is 14.6 Å². The van der Waals surface area contributed by atoms with Crippen LogP contribution in [-0.4, -0.2) is 79.9 Å². The highest BCUT2D eigenvalue weighted by atomic mass is 32.1. The van der Waals surface area contributed by atoms with Crippen molar-refractivity contribution in [2.45, 2.75) is 114 Å². The molecule has 3 fully saturated rings. The third kappa shape index (κ3) is 6.85. The molecule has 3 heterocycles. The molecule has 4 atom stereocenters. The predicted octanol–water partition coefficient (Wildman–Crippen LogP) is 4.50. The van der Waals surface area contributed by atoms with E-state index in [-0.39, 0.29) is 34.6 Å². The Balaban J connectivity index is 1.66. The lowest BCUT2D eigenvalue weighted by atomic mass is 10.0. The number of thiocarbonyl (C=S) groups is 1. The van der Waals surface area contributed by atoms with Crippen LogP contribution < -0.4 is 10.6 Å². The van der Waals surface area contributed by atoms with E-state index in [9.17, 15) is 36.6 Å². The number of fused-ring (bicyclic) bond motifs is 2. The molecule has 2 saturated heterocycles. The number of nitrogens with one attached hydrogen (secondary N) is 2. The van der Waals surface area contributed by atoms with Crippen molar-refractivity contribution < 1.29 is 36.6 Å². The largest absolute Gasteiger partial charge is 0.408 e. The van der Waals surface area contributed by atoms with Gasteiger partial charge in [-0.15, -0.1) is 0 Å². The van der Waals surface area contributed by atoms with Crippen LogP contribution in [0.3, 0.4) is 0 Å². The molecule has 1 aromatic rings. The molecule has 1 aromatic heterocycles. The topological polar surface area (TPSA) is 107 Å². The number of anilines is 1. The van der Waals surface area contributed by atoms with E-state index < -0.39 is 60.0 Å². The van der Waals surface area contributed by atoms with Crippen molar-refractivity contribution in [2.24, 2.45) is 4.99 Å². The molecule has 0 spiro atoms. The fourth-order valence-corrected chi connectivity index (χ4v) is 6.28. The van der Waals surface area contributed by atoms with Crippen molar-refractivity contribution >= 4 is 40.4 Å². The Morgan fingerprint density at radius 3 is 2.32 bits per heavy atom. The number of aliphatic hydroxyl groups excluding tert-OH is 1. The van der Waals surface area contributed by atoms with E-state index in [0.717, 1.165) is 44.4 Å². The lowest BCUT2D eigenvalue weighted by Gasteiger charge is -2.27. The van der Waals surface area contributed by atoms with Gasteiger partial charge in [0.15, 0.2) is 6.04 Å². The first-order chi connectivity index (χ1) is 19.3. The third-order valence-electron chi connectivity index (χ3n) is 8.20. The number of aromatic nitrogens is 1. The number of alkyl halides is 5. The van der Waals surface area contributed by atoms with E-state index in [0.29, 0.717) is 12.8 Å². The molecule has 41 heavy (non-hydrogen) atoms. The molecular formula is C27H34F5N5O3S. The summed E-state index contributed by atoms with van der Waals surface area (Å²) in [7, 11) is 0. The zero-order valence-corrected chi connectivity index (χ0v) is 23.6. The van der Waals surface area contributed by atoms with Gasteiger partial charge in [0.2, 0.25) is 0 Å². The number of pyridine rings is 1. The minimum absolute atomic E-state index is 0.0385. The highest BCUT2D eigenvalue weighted by molar-refractivity contribution is 7.81. The molecule has 1 unspecified atom stereocenters. The van der Waals surface area contributed by atoms with Crippen molar-refractivity contribution in [3.05, 3.63) is 23.4 Å². The Morgan fingerprint density at radius 1 is 1.17 bits per heavy atom. The minimum Gasteiger partial charge on any atom is -0.391 e. The standard InChI is InChI=1S/C27H34F5N5O3S/c1-3-20(27(30,31)32)36-21-11-16(24(28)29)17(12-33-21)23(41)22(26(40)37-14-7-8-15(37)10-9-14)34-13(2)25(39)35-18-5-4-6-19(18)38/h11-12,14-15,18-20,22,24,38H,3-10H2,1-2H3,(H,33,36)(H,35,39)/t14?,15?,18-,19-,20+,22?/m1/s1. The molecule has 226 valence electrons. The molecule has 2 aliphatic heterocycles. The zero-order valence-electron chi connectivity index (χ0n) is 22.8. The van der Waals surface area contributed by atoms with Crippen molar-refractivity contribution in [1.29, 1.82) is 0 Å². The van der Waals surface area contributed by atoms with E-state index in [4.69, 9.17) is 12.2 Å². The van der Waals surface area contributed by atoms with Gasteiger partial charge in [0.25, 0.3) is 18.2 Å². The van der Waals surface area contributed by atoms with Crippen molar-refractivity contribution in [3.8, 4) is 0 Å². The normalized spacial score (nSPS) is 25.9. The highest BCUT2D eigenvalue weighted by Gasteiger charge is 2.45. The molecule has 0 aromatic carbocycles. The number of carbonyl (C=O) groups excluding carboxylic acids is 2. The highest BCUT2D eigenvalue weighted by Crippen LogP contribution is 2.39. The van der Waals surface area contributed by atoms with Crippen LogP contribution in [0.4, 0.5) is 27.8 Å². The van der Waals surface area contributed by atoms with E-state index in [1.807, 2.05) is 0 Å².